The van der Waals surface area contributed by atoms with E-state index in [0.717, 1.165) is 18.8 Å². The second-order valence-corrected chi connectivity index (χ2v) is 9.95. The van der Waals surface area contributed by atoms with Crippen LogP contribution in [0.1, 0.15) is 40.9 Å². The highest BCUT2D eigenvalue weighted by Crippen LogP contribution is 2.31. The number of carbonyl (C=O) groups excluding carboxylic acids is 1. The molecule has 2 aliphatic rings. The maximum atomic E-state index is 12.9. The Labute approximate surface area is 210 Å². The van der Waals surface area contributed by atoms with Gasteiger partial charge in [0.15, 0.2) is 5.13 Å². The molecule has 0 unspecified atom stereocenters. The van der Waals surface area contributed by atoms with E-state index in [9.17, 15) is 4.79 Å². The summed E-state index contributed by atoms with van der Waals surface area (Å²) < 4.78 is 5.23. The van der Waals surface area contributed by atoms with Crippen molar-refractivity contribution in [2.24, 2.45) is 0 Å². The molecule has 182 valence electrons. The third-order valence-electron chi connectivity index (χ3n) is 6.69. The molecule has 1 saturated heterocycles. The molecule has 2 aliphatic heterocycles. The number of methoxy groups -OCH3 is 1. The molecule has 2 aromatic carbocycles. The molecule has 1 fully saturated rings. The Morgan fingerprint density at radius 1 is 1.14 bits per heavy atom. The Hall–Kier alpha value is -3.52. The van der Waals surface area contributed by atoms with Crippen LogP contribution in [0, 0.1) is 0 Å². The monoisotopic (exact) mass is 489 g/mol. The summed E-state index contributed by atoms with van der Waals surface area (Å²) in [6.45, 7) is 3.33. The minimum Gasteiger partial charge on any atom is -0.497 e. The van der Waals surface area contributed by atoms with Crippen molar-refractivity contribution in [1.82, 2.24) is 9.88 Å². The van der Waals surface area contributed by atoms with Gasteiger partial charge in [0.1, 0.15) is 16.4 Å². The summed E-state index contributed by atoms with van der Waals surface area (Å²) in [4.78, 5) is 22.7. The molecule has 5 rings (SSSR count). The molecule has 8 heteroatoms. The topological polar surface area (TPSA) is 83.7 Å². The molecule has 0 spiro atoms. The number of rotatable bonds is 7. The highest BCUT2D eigenvalue weighted by Gasteiger charge is 2.24. The van der Waals surface area contributed by atoms with Gasteiger partial charge in [-0.25, -0.2) is 4.98 Å². The maximum Gasteiger partial charge on any atom is 0.206 e. The quantitative estimate of drug-likeness (QED) is 0.437. The zero-order chi connectivity index (χ0) is 24.2. The molecule has 35 heavy (non-hydrogen) atoms. The predicted octanol–water partition coefficient (Wildman–Crippen LogP) is 5.29. The second-order valence-electron chi connectivity index (χ2n) is 8.95. The molecule has 3 N–H and O–H groups in total. The summed E-state index contributed by atoms with van der Waals surface area (Å²) >= 11 is 1.26. The number of anilines is 4. The van der Waals surface area contributed by atoms with E-state index in [2.05, 4.69) is 56.6 Å². The van der Waals surface area contributed by atoms with Crippen LogP contribution >= 0.6 is 11.3 Å². The van der Waals surface area contributed by atoms with Gasteiger partial charge in [-0.1, -0.05) is 29.5 Å². The third kappa shape index (κ3) is 5.27. The van der Waals surface area contributed by atoms with Crippen LogP contribution < -0.4 is 20.7 Å². The van der Waals surface area contributed by atoms with E-state index in [0.29, 0.717) is 27.4 Å². The van der Waals surface area contributed by atoms with Gasteiger partial charge in [0.05, 0.1) is 7.11 Å². The largest absolute Gasteiger partial charge is 0.497 e. The number of ketones is 1. The highest BCUT2D eigenvalue weighted by molar-refractivity contribution is 7.18. The van der Waals surface area contributed by atoms with Crippen molar-refractivity contribution in [3.05, 3.63) is 71.2 Å². The normalized spacial score (nSPS) is 16.4. The fraction of sp³-hybridized carbons (Fsp3) is 0.333. The molecule has 0 bridgehead atoms. The average molecular weight is 490 g/mol. The predicted molar refractivity (Wildman–Crippen MR) is 143 cm³/mol. The van der Waals surface area contributed by atoms with Crippen LogP contribution in [-0.4, -0.2) is 48.5 Å². The lowest BCUT2D eigenvalue weighted by molar-refractivity contribution is 0.104. The summed E-state index contributed by atoms with van der Waals surface area (Å²) in [7, 11) is 1.58. The minimum absolute atomic E-state index is 0.161. The smallest absolute Gasteiger partial charge is 0.206 e. The van der Waals surface area contributed by atoms with Crippen molar-refractivity contribution in [2.45, 2.75) is 31.7 Å². The van der Waals surface area contributed by atoms with E-state index in [4.69, 9.17) is 10.5 Å². The van der Waals surface area contributed by atoms with Crippen molar-refractivity contribution in [3.8, 4) is 5.75 Å². The summed E-state index contributed by atoms with van der Waals surface area (Å²) in [6, 6.07) is 16.1. The molecule has 1 aromatic heterocycles. The van der Waals surface area contributed by atoms with Gasteiger partial charge in [-0.05, 0) is 68.3 Å². The Bertz CT molecular complexity index is 1200. The maximum absolute atomic E-state index is 12.9. The first kappa shape index (κ1) is 23.2. The molecule has 0 amide bonds. The first-order valence-corrected chi connectivity index (χ1v) is 12.9. The molecule has 0 saturated carbocycles. The lowest BCUT2D eigenvalue weighted by Crippen LogP contribution is -2.43. The summed E-state index contributed by atoms with van der Waals surface area (Å²) in [6.07, 6.45) is 9.45. The second kappa shape index (κ2) is 10.4. The van der Waals surface area contributed by atoms with Crippen LogP contribution in [-0.2, 0) is 0 Å². The number of piperidine rings is 1. The molecular formula is C27H31N5O2S. The van der Waals surface area contributed by atoms with Gasteiger partial charge < -0.3 is 25.6 Å². The van der Waals surface area contributed by atoms with Gasteiger partial charge >= 0.3 is 0 Å². The van der Waals surface area contributed by atoms with Crippen LogP contribution in [0.15, 0.2) is 60.8 Å². The number of hydrogen-bond donors (Lipinski definition) is 2. The summed E-state index contributed by atoms with van der Waals surface area (Å²) in [5, 5.41) is 3.89. The van der Waals surface area contributed by atoms with E-state index >= 15 is 0 Å². The molecular weight excluding hydrogens is 458 g/mol. The first-order valence-electron chi connectivity index (χ1n) is 12.1. The van der Waals surface area contributed by atoms with Crippen molar-refractivity contribution in [1.29, 1.82) is 0 Å². The highest BCUT2D eigenvalue weighted by atomic mass is 32.1. The van der Waals surface area contributed by atoms with Crippen LogP contribution in [0.3, 0.4) is 0 Å². The zero-order valence-electron chi connectivity index (χ0n) is 19.9. The number of ether oxygens (including phenoxy) is 1. The van der Waals surface area contributed by atoms with Gasteiger partial charge in [-0.15, -0.1) is 0 Å². The molecule has 0 aliphatic carbocycles. The van der Waals surface area contributed by atoms with E-state index in [1.807, 2.05) is 0 Å². The van der Waals surface area contributed by atoms with Gasteiger partial charge in [0, 0.05) is 42.6 Å². The van der Waals surface area contributed by atoms with E-state index in [1.165, 1.54) is 49.3 Å². The summed E-state index contributed by atoms with van der Waals surface area (Å²) in [5.41, 5.74) is 8.75. The first-order chi connectivity index (χ1) is 17.1. The number of hydrogen-bond acceptors (Lipinski definition) is 8. The lowest BCUT2D eigenvalue weighted by Gasteiger charge is -2.40. The Balaban J connectivity index is 1.20. The number of nitrogens with zero attached hydrogens (tertiary/aromatic N) is 3. The van der Waals surface area contributed by atoms with Crippen molar-refractivity contribution in [2.75, 3.05) is 42.7 Å². The average Bonchev–Trinajstić information content (AvgIpc) is 3.29. The Morgan fingerprint density at radius 2 is 1.94 bits per heavy atom. The number of nitrogens with two attached hydrogens (primary N) is 1. The van der Waals surface area contributed by atoms with Crippen LogP contribution in [0.25, 0.3) is 0 Å². The van der Waals surface area contributed by atoms with Gasteiger partial charge in [0.2, 0.25) is 5.78 Å². The zero-order valence-corrected chi connectivity index (χ0v) is 20.8. The standard InChI is InChI=1S/C27H31N5O2S/c1-34-23-7-5-6-19(18-23)24(33)25-26(28)30-27(35-25)29-20-8-10-21(11-9-20)32-16-12-22(13-17-32)31-14-3-2-4-15-31/h3,5-11,14,18,22H,2,4,12-13,15-17,28H2,1H3,(H,29,30). The van der Waals surface area contributed by atoms with Crippen molar-refractivity contribution in [3.63, 3.8) is 0 Å². The minimum atomic E-state index is -0.161. The van der Waals surface area contributed by atoms with Crippen LogP contribution in [0.5, 0.6) is 5.75 Å². The van der Waals surface area contributed by atoms with Crippen molar-refractivity contribution >= 4 is 39.4 Å². The molecule has 3 aromatic rings. The fourth-order valence-electron chi connectivity index (χ4n) is 4.76. The van der Waals surface area contributed by atoms with E-state index in [1.54, 1.807) is 31.4 Å². The fourth-order valence-corrected chi connectivity index (χ4v) is 5.63. The SMILES string of the molecule is COc1cccc(C(=O)c2sc(Nc3ccc(N4CCC(N5C=CCCC5)CC4)cc3)nc2N)c1. The van der Waals surface area contributed by atoms with Crippen LogP contribution in [0.2, 0.25) is 0 Å². The van der Waals surface area contributed by atoms with Crippen molar-refractivity contribution < 1.29 is 9.53 Å². The number of nitrogens with one attached hydrogen (secondary N) is 1. The number of benzene rings is 2. The van der Waals surface area contributed by atoms with Crippen LogP contribution in [0.4, 0.5) is 22.3 Å². The third-order valence-corrected chi connectivity index (χ3v) is 7.68. The molecule has 3 heterocycles. The van der Waals surface area contributed by atoms with E-state index in [-0.39, 0.29) is 11.6 Å². The molecule has 7 nitrogen and oxygen atoms in total. The number of carbonyl (C=O) groups is 1. The van der Waals surface area contributed by atoms with Gasteiger partial charge in [-0.2, -0.15) is 0 Å². The van der Waals surface area contributed by atoms with Gasteiger partial charge in [0.25, 0.3) is 0 Å². The molecule has 0 radical (unpaired) electrons. The lowest BCUT2D eigenvalue weighted by atomic mass is 10.0. The Morgan fingerprint density at radius 3 is 2.66 bits per heavy atom. The number of thiazole rings is 1. The summed E-state index contributed by atoms with van der Waals surface area (Å²) in [5.74, 6) is 0.698. The molecule has 0 atom stereocenters. The Kier molecular flexibility index (Phi) is 6.90. The van der Waals surface area contributed by atoms with Gasteiger partial charge in [-0.3, -0.25) is 4.79 Å². The number of nitrogen functional groups attached to an aromatic ring is 1. The van der Waals surface area contributed by atoms with E-state index < -0.39 is 0 Å². The number of aromatic nitrogens is 1. The number of allylic oxidation sites excluding steroid dienone is 1.